The summed E-state index contributed by atoms with van der Waals surface area (Å²) >= 11 is 0. The third-order valence-electron chi connectivity index (χ3n) is 4.20. The molecule has 1 heterocycles. The lowest BCUT2D eigenvalue weighted by molar-refractivity contribution is 0.00222. The van der Waals surface area contributed by atoms with Gasteiger partial charge in [0, 0.05) is 12.6 Å². The SMILES string of the molecule is CCC1CCC(O)(CNc2cc(NN)nc(C)n2)CC1. The van der Waals surface area contributed by atoms with Crippen LogP contribution in [0.2, 0.25) is 0 Å². The monoisotopic (exact) mass is 279 g/mol. The average Bonchev–Trinajstić information content (AvgIpc) is 2.45. The number of nitrogens with two attached hydrogens (primary N) is 1. The highest BCUT2D eigenvalue weighted by atomic mass is 16.3. The van der Waals surface area contributed by atoms with Crippen molar-refractivity contribution in [3.05, 3.63) is 11.9 Å². The molecule has 5 N–H and O–H groups in total. The number of hydrazine groups is 1. The number of rotatable bonds is 5. The van der Waals surface area contributed by atoms with Crippen LogP contribution in [0, 0.1) is 12.8 Å². The van der Waals surface area contributed by atoms with E-state index >= 15 is 0 Å². The van der Waals surface area contributed by atoms with Crippen molar-refractivity contribution in [2.24, 2.45) is 11.8 Å². The minimum atomic E-state index is -0.624. The van der Waals surface area contributed by atoms with E-state index in [2.05, 4.69) is 27.6 Å². The van der Waals surface area contributed by atoms with Crippen molar-refractivity contribution in [2.45, 2.75) is 51.6 Å². The van der Waals surface area contributed by atoms with Crippen LogP contribution in [0.5, 0.6) is 0 Å². The Morgan fingerprint density at radius 2 is 2.00 bits per heavy atom. The van der Waals surface area contributed by atoms with Crippen molar-refractivity contribution in [3.63, 3.8) is 0 Å². The van der Waals surface area contributed by atoms with Gasteiger partial charge in [-0.3, -0.25) is 0 Å². The number of hydrogen-bond donors (Lipinski definition) is 4. The number of hydrogen-bond acceptors (Lipinski definition) is 6. The van der Waals surface area contributed by atoms with Crippen molar-refractivity contribution in [3.8, 4) is 0 Å². The molecule has 1 aromatic heterocycles. The molecule has 1 fully saturated rings. The minimum absolute atomic E-state index is 0.518. The molecule has 6 heteroatoms. The van der Waals surface area contributed by atoms with Gasteiger partial charge >= 0.3 is 0 Å². The van der Waals surface area contributed by atoms with E-state index < -0.39 is 5.60 Å². The predicted octanol–water partition coefficient (Wildman–Crippen LogP) is 1.81. The van der Waals surface area contributed by atoms with Gasteiger partial charge in [-0.2, -0.15) is 0 Å². The molecule has 0 aliphatic heterocycles. The summed E-state index contributed by atoms with van der Waals surface area (Å²) in [5.74, 6) is 8.04. The Balaban J connectivity index is 1.93. The summed E-state index contributed by atoms with van der Waals surface area (Å²) in [4.78, 5) is 8.44. The van der Waals surface area contributed by atoms with Crippen LogP contribution in [0.3, 0.4) is 0 Å². The summed E-state index contributed by atoms with van der Waals surface area (Å²) in [6, 6.07) is 1.74. The van der Waals surface area contributed by atoms with E-state index in [-0.39, 0.29) is 0 Å². The molecule has 1 aliphatic rings. The summed E-state index contributed by atoms with van der Waals surface area (Å²) in [7, 11) is 0. The van der Waals surface area contributed by atoms with Crippen LogP contribution in [0.25, 0.3) is 0 Å². The zero-order valence-corrected chi connectivity index (χ0v) is 12.3. The maximum Gasteiger partial charge on any atom is 0.145 e. The first-order chi connectivity index (χ1) is 9.54. The van der Waals surface area contributed by atoms with E-state index in [0.717, 1.165) is 31.6 Å². The highest BCUT2D eigenvalue weighted by Crippen LogP contribution is 2.33. The molecule has 0 spiro atoms. The van der Waals surface area contributed by atoms with Crippen molar-refractivity contribution in [1.29, 1.82) is 0 Å². The molecule has 0 saturated heterocycles. The molecule has 112 valence electrons. The van der Waals surface area contributed by atoms with Gasteiger partial charge in [0.05, 0.1) is 5.60 Å². The normalized spacial score (nSPS) is 26.3. The lowest BCUT2D eigenvalue weighted by atomic mass is 9.78. The summed E-state index contributed by atoms with van der Waals surface area (Å²) in [6.45, 7) is 4.55. The van der Waals surface area contributed by atoms with Crippen LogP contribution in [-0.2, 0) is 0 Å². The number of aryl methyl sites for hydroxylation is 1. The number of nitrogens with zero attached hydrogens (tertiary/aromatic N) is 2. The van der Waals surface area contributed by atoms with E-state index in [1.165, 1.54) is 6.42 Å². The Hall–Kier alpha value is -1.40. The molecular formula is C14H25N5O. The predicted molar refractivity (Wildman–Crippen MR) is 80.3 cm³/mol. The van der Waals surface area contributed by atoms with Crippen molar-refractivity contribution in [2.75, 3.05) is 17.3 Å². The zero-order chi connectivity index (χ0) is 14.6. The second-order valence-corrected chi connectivity index (χ2v) is 5.76. The van der Waals surface area contributed by atoms with Gasteiger partial charge < -0.3 is 15.8 Å². The van der Waals surface area contributed by atoms with E-state index in [9.17, 15) is 5.11 Å². The smallest absolute Gasteiger partial charge is 0.145 e. The number of nitrogens with one attached hydrogen (secondary N) is 2. The molecule has 2 rings (SSSR count). The summed E-state index contributed by atoms with van der Waals surface area (Å²) in [6.07, 6.45) is 5.12. The molecule has 1 saturated carbocycles. The first-order valence-corrected chi connectivity index (χ1v) is 7.33. The van der Waals surface area contributed by atoms with Crippen LogP contribution < -0.4 is 16.6 Å². The number of aliphatic hydroxyl groups is 1. The maximum atomic E-state index is 10.6. The lowest BCUT2D eigenvalue weighted by Gasteiger charge is -2.36. The third-order valence-corrected chi connectivity index (χ3v) is 4.20. The Morgan fingerprint density at radius 1 is 1.35 bits per heavy atom. The maximum absolute atomic E-state index is 10.6. The Bertz CT molecular complexity index is 443. The van der Waals surface area contributed by atoms with Crippen molar-refractivity contribution < 1.29 is 5.11 Å². The van der Waals surface area contributed by atoms with Crippen molar-refractivity contribution in [1.82, 2.24) is 9.97 Å². The molecule has 0 atom stereocenters. The van der Waals surface area contributed by atoms with Gasteiger partial charge in [0.25, 0.3) is 0 Å². The summed E-state index contributed by atoms with van der Waals surface area (Å²) in [5, 5.41) is 13.8. The average molecular weight is 279 g/mol. The lowest BCUT2D eigenvalue weighted by Crippen LogP contribution is -2.40. The van der Waals surface area contributed by atoms with Crippen LogP contribution in [0.1, 0.15) is 44.9 Å². The fourth-order valence-electron chi connectivity index (χ4n) is 2.79. The van der Waals surface area contributed by atoms with Crippen LogP contribution >= 0.6 is 0 Å². The van der Waals surface area contributed by atoms with Crippen LogP contribution in [0.15, 0.2) is 6.07 Å². The third kappa shape index (κ3) is 3.80. The molecular weight excluding hydrogens is 254 g/mol. The highest BCUT2D eigenvalue weighted by Gasteiger charge is 2.32. The number of aromatic nitrogens is 2. The van der Waals surface area contributed by atoms with Crippen LogP contribution in [0.4, 0.5) is 11.6 Å². The van der Waals surface area contributed by atoms with Gasteiger partial charge in [-0.1, -0.05) is 13.3 Å². The van der Waals surface area contributed by atoms with Gasteiger partial charge in [-0.05, 0) is 38.5 Å². The number of anilines is 2. The van der Waals surface area contributed by atoms with Gasteiger partial charge in [0.1, 0.15) is 17.5 Å². The first kappa shape index (κ1) is 15.0. The summed E-state index contributed by atoms with van der Waals surface area (Å²) in [5.41, 5.74) is 1.89. The molecule has 0 amide bonds. The van der Waals surface area contributed by atoms with E-state index in [1.54, 1.807) is 6.07 Å². The molecule has 0 bridgehead atoms. The fraction of sp³-hybridized carbons (Fsp3) is 0.714. The van der Waals surface area contributed by atoms with E-state index in [1.807, 2.05) is 6.92 Å². The van der Waals surface area contributed by atoms with Gasteiger partial charge in [0.2, 0.25) is 0 Å². The molecule has 6 nitrogen and oxygen atoms in total. The molecule has 0 aromatic carbocycles. The second-order valence-electron chi connectivity index (χ2n) is 5.76. The Labute approximate surface area is 120 Å². The van der Waals surface area contributed by atoms with Crippen molar-refractivity contribution >= 4 is 11.6 Å². The molecule has 0 radical (unpaired) electrons. The summed E-state index contributed by atoms with van der Waals surface area (Å²) < 4.78 is 0. The topological polar surface area (TPSA) is 96.1 Å². The minimum Gasteiger partial charge on any atom is -0.388 e. The zero-order valence-electron chi connectivity index (χ0n) is 12.3. The fourth-order valence-corrected chi connectivity index (χ4v) is 2.79. The largest absolute Gasteiger partial charge is 0.388 e. The van der Waals surface area contributed by atoms with Gasteiger partial charge in [-0.15, -0.1) is 0 Å². The molecule has 20 heavy (non-hydrogen) atoms. The van der Waals surface area contributed by atoms with E-state index in [4.69, 9.17) is 5.84 Å². The molecule has 1 aromatic rings. The van der Waals surface area contributed by atoms with E-state index in [0.29, 0.717) is 24.0 Å². The quantitative estimate of drug-likeness (QED) is 0.485. The second kappa shape index (κ2) is 6.37. The highest BCUT2D eigenvalue weighted by molar-refractivity contribution is 5.46. The van der Waals surface area contributed by atoms with Gasteiger partial charge in [0.15, 0.2) is 0 Å². The molecule has 1 aliphatic carbocycles. The van der Waals surface area contributed by atoms with Crippen LogP contribution in [-0.4, -0.2) is 27.2 Å². The first-order valence-electron chi connectivity index (χ1n) is 7.33. The standard InChI is InChI=1S/C14H25N5O/c1-3-11-4-6-14(20,7-5-11)9-16-12-8-13(19-15)18-10(2)17-12/h8,11,20H,3-7,9,15H2,1-2H3,(H2,16,17,18,19). The van der Waals surface area contributed by atoms with Gasteiger partial charge in [-0.25, -0.2) is 15.8 Å². The Kier molecular flexibility index (Phi) is 4.77. The Morgan fingerprint density at radius 3 is 2.60 bits per heavy atom. The molecule has 0 unspecified atom stereocenters. The number of nitrogen functional groups attached to an aromatic ring is 1.